The van der Waals surface area contributed by atoms with Gasteiger partial charge in [0.05, 0.1) is 35.3 Å². The third-order valence-electron chi connectivity index (χ3n) is 7.47. The highest BCUT2D eigenvalue weighted by Crippen LogP contribution is 2.38. The van der Waals surface area contributed by atoms with Crippen molar-refractivity contribution < 1.29 is 28.9 Å². The van der Waals surface area contributed by atoms with Gasteiger partial charge in [0, 0.05) is 31.7 Å². The third kappa shape index (κ3) is 8.65. The van der Waals surface area contributed by atoms with Crippen LogP contribution in [0.5, 0.6) is 11.5 Å². The van der Waals surface area contributed by atoms with E-state index in [1.807, 2.05) is 49.4 Å². The number of rotatable bonds is 13. The van der Waals surface area contributed by atoms with Gasteiger partial charge in [-0.3, -0.25) is 14.6 Å². The topological polar surface area (TPSA) is 88.5 Å². The number of hydrogen-bond acceptors (Lipinski definition) is 8. The molecule has 3 aromatic carbocycles. The number of morpholine rings is 1. The van der Waals surface area contributed by atoms with Gasteiger partial charge in [-0.1, -0.05) is 66.8 Å². The van der Waals surface area contributed by atoms with E-state index < -0.39 is 5.97 Å². The van der Waals surface area contributed by atoms with Crippen molar-refractivity contribution >= 4 is 57.9 Å². The van der Waals surface area contributed by atoms with Gasteiger partial charge in [0.15, 0.2) is 0 Å². The Hall–Kier alpha value is -3.41. The van der Waals surface area contributed by atoms with Crippen LogP contribution < -0.4 is 9.47 Å². The lowest BCUT2D eigenvalue weighted by Crippen LogP contribution is -2.38. The van der Waals surface area contributed by atoms with E-state index >= 15 is 0 Å². The minimum Gasteiger partial charge on any atom is -0.492 e. The Balaban J connectivity index is 1.34. The maximum Gasteiger partial charge on any atom is 0.335 e. The number of ether oxygens (including phenoxy) is 3. The van der Waals surface area contributed by atoms with Crippen molar-refractivity contribution in [2.45, 2.75) is 19.8 Å². The van der Waals surface area contributed by atoms with Gasteiger partial charge in [-0.05, 0) is 72.0 Å². The molecule has 0 spiro atoms. The number of thioether (sulfide) groups is 1. The van der Waals surface area contributed by atoms with Crippen LogP contribution in [0.1, 0.15) is 34.8 Å². The smallest absolute Gasteiger partial charge is 0.335 e. The quantitative estimate of drug-likeness (QED) is 0.159. The van der Waals surface area contributed by atoms with Gasteiger partial charge in [-0.15, -0.1) is 0 Å². The maximum absolute atomic E-state index is 13.4. The summed E-state index contributed by atoms with van der Waals surface area (Å²) in [6.45, 7) is 7.59. The van der Waals surface area contributed by atoms with Gasteiger partial charge in [-0.2, -0.15) is 0 Å². The summed E-state index contributed by atoms with van der Waals surface area (Å²) in [5.74, 6) is 0.232. The van der Waals surface area contributed by atoms with E-state index in [-0.39, 0.29) is 11.5 Å². The molecule has 0 atom stereocenters. The predicted octanol–water partition coefficient (Wildman–Crippen LogP) is 6.65. The number of amides is 1. The first kappa shape index (κ1) is 33.0. The molecule has 0 saturated carbocycles. The van der Waals surface area contributed by atoms with E-state index in [0.29, 0.717) is 46.2 Å². The molecule has 2 heterocycles. The van der Waals surface area contributed by atoms with Crippen molar-refractivity contribution in [2.24, 2.45) is 0 Å². The standard InChI is InChI=1S/C34H35ClN2O6S2/c1-2-16-42-30-10-8-26(22-28(30)35)27-20-24(5-9-29(27)43-19-15-36-13-17-41-18-14-36)21-31-32(38)37(34(44)45-31)12-11-23-3-6-25(7-4-23)33(39)40/h3-10,20-22H,2,11-19H2,1H3,(H,39,40)/b31-21-. The molecular formula is C34H35ClN2O6S2. The molecule has 11 heteroatoms. The first-order chi connectivity index (χ1) is 21.8. The average Bonchev–Trinajstić information content (AvgIpc) is 3.31. The Morgan fingerprint density at radius 1 is 1.02 bits per heavy atom. The molecule has 1 N–H and O–H groups in total. The van der Waals surface area contributed by atoms with Gasteiger partial charge in [-0.25, -0.2) is 4.79 Å². The molecule has 236 valence electrons. The molecular weight excluding hydrogens is 632 g/mol. The van der Waals surface area contributed by atoms with E-state index in [0.717, 1.165) is 67.3 Å². The van der Waals surface area contributed by atoms with Crippen molar-refractivity contribution in [1.82, 2.24) is 9.80 Å². The number of carboxylic acid groups (broad SMARTS) is 1. The molecule has 2 fully saturated rings. The summed E-state index contributed by atoms with van der Waals surface area (Å²) in [7, 11) is 0. The summed E-state index contributed by atoms with van der Waals surface area (Å²) in [6, 6.07) is 18.2. The van der Waals surface area contributed by atoms with E-state index in [4.69, 9.17) is 43.1 Å². The zero-order valence-corrected chi connectivity index (χ0v) is 27.4. The first-order valence-corrected chi connectivity index (χ1v) is 16.5. The molecule has 45 heavy (non-hydrogen) atoms. The van der Waals surface area contributed by atoms with Gasteiger partial charge < -0.3 is 19.3 Å². The summed E-state index contributed by atoms with van der Waals surface area (Å²) in [4.78, 5) is 29.0. The lowest BCUT2D eigenvalue weighted by Gasteiger charge is -2.26. The monoisotopic (exact) mass is 666 g/mol. The van der Waals surface area contributed by atoms with Crippen LogP contribution >= 0.6 is 35.6 Å². The number of hydrogen-bond donors (Lipinski definition) is 1. The number of benzene rings is 3. The Morgan fingerprint density at radius 2 is 1.76 bits per heavy atom. The van der Waals surface area contributed by atoms with Crippen LogP contribution in [0, 0.1) is 0 Å². The molecule has 8 nitrogen and oxygen atoms in total. The third-order valence-corrected chi connectivity index (χ3v) is 9.15. The van der Waals surface area contributed by atoms with E-state index in [9.17, 15) is 9.59 Å². The first-order valence-electron chi connectivity index (χ1n) is 14.9. The van der Waals surface area contributed by atoms with Crippen LogP contribution in [0.3, 0.4) is 0 Å². The molecule has 2 aliphatic heterocycles. The van der Waals surface area contributed by atoms with Crippen LogP contribution in [0.4, 0.5) is 0 Å². The van der Waals surface area contributed by atoms with Crippen LogP contribution in [-0.4, -0.2) is 83.7 Å². The minimum absolute atomic E-state index is 0.153. The second kappa shape index (κ2) is 15.7. The van der Waals surface area contributed by atoms with Crippen molar-refractivity contribution in [3.8, 4) is 22.6 Å². The van der Waals surface area contributed by atoms with Crippen molar-refractivity contribution in [3.05, 3.63) is 87.3 Å². The number of aromatic carboxylic acids is 1. The minimum atomic E-state index is -0.972. The largest absolute Gasteiger partial charge is 0.492 e. The normalized spacial score (nSPS) is 16.4. The van der Waals surface area contributed by atoms with Gasteiger partial charge in [0.2, 0.25) is 0 Å². The van der Waals surface area contributed by atoms with Crippen LogP contribution in [0.15, 0.2) is 65.6 Å². The van der Waals surface area contributed by atoms with Crippen LogP contribution in [0.25, 0.3) is 17.2 Å². The number of halogens is 1. The zero-order chi connectivity index (χ0) is 31.8. The van der Waals surface area contributed by atoms with E-state index in [1.165, 1.54) is 11.8 Å². The predicted molar refractivity (Wildman–Crippen MR) is 182 cm³/mol. The summed E-state index contributed by atoms with van der Waals surface area (Å²) in [6.07, 6.45) is 3.29. The summed E-state index contributed by atoms with van der Waals surface area (Å²) < 4.78 is 18.0. The highest BCUT2D eigenvalue weighted by atomic mass is 35.5. The van der Waals surface area contributed by atoms with Gasteiger partial charge >= 0.3 is 5.97 Å². The molecule has 3 aromatic rings. The average molecular weight is 667 g/mol. The fourth-order valence-electron chi connectivity index (χ4n) is 4.99. The number of thiocarbonyl (C=S) groups is 1. The Labute approximate surface area is 277 Å². The molecule has 2 saturated heterocycles. The summed E-state index contributed by atoms with van der Waals surface area (Å²) in [5.41, 5.74) is 3.72. The van der Waals surface area contributed by atoms with Crippen molar-refractivity contribution in [3.63, 3.8) is 0 Å². The fourth-order valence-corrected chi connectivity index (χ4v) is 6.54. The SMILES string of the molecule is CCCOc1ccc(-c2cc(/C=C3\SC(=S)N(CCc4ccc(C(=O)O)cc4)C3=O)ccc2OCCN2CCOCC2)cc1Cl. The molecule has 2 aliphatic rings. The molecule has 0 aromatic heterocycles. The summed E-state index contributed by atoms with van der Waals surface area (Å²) in [5, 5.41) is 9.65. The second-order valence-corrected chi connectivity index (χ2v) is 12.7. The highest BCUT2D eigenvalue weighted by molar-refractivity contribution is 8.26. The zero-order valence-electron chi connectivity index (χ0n) is 25.0. The Kier molecular flexibility index (Phi) is 11.5. The lowest BCUT2D eigenvalue weighted by molar-refractivity contribution is -0.122. The fraction of sp³-hybridized carbons (Fsp3) is 0.324. The molecule has 5 rings (SSSR count). The summed E-state index contributed by atoms with van der Waals surface area (Å²) >= 11 is 13.4. The Morgan fingerprint density at radius 3 is 2.47 bits per heavy atom. The van der Waals surface area contributed by atoms with E-state index in [1.54, 1.807) is 29.2 Å². The Bertz CT molecular complexity index is 1570. The molecule has 0 unspecified atom stereocenters. The number of carbonyl (C=O) groups excluding carboxylic acids is 1. The van der Waals surface area contributed by atoms with Gasteiger partial charge in [0.25, 0.3) is 5.91 Å². The maximum atomic E-state index is 13.4. The van der Waals surface area contributed by atoms with Crippen LogP contribution in [-0.2, 0) is 16.0 Å². The molecule has 0 radical (unpaired) electrons. The van der Waals surface area contributed by atoms with Crippen LogP contribution in [0.2, 0.25) is 5.02 Å². The lowest BCUT2D eigenvalue weighted by atomic mass is 10.0. The van der Waals surface area contributed by atoms with Crippen molar-refractivity contribution in [2.75, 3.05) is 52.6 Å². The second-order valence-electron chi connectivity index (χ2n) is 10.6. The van der Waals surface area contributed by atoms with Crippen molar-refractivity contribution in [1.29, 1.82) is 0 Å². The number of carboxylic acids is 1. The molecule has 0 bridgehead atoms. The number of carbonyl (C=O) groups is 2. The van der Waals surface area contributed by atoms with Gasteiger partial charge in [0.1, 0.15) is 22.4 Å². The molecule has 0 aliphatic carbocycles. The molecule has 1 amide bonds. The number of nitrogens with zero attached hydrogens (tertiary/aromatic N) is 2. The highest BCUT2D eigenvalue weighted by Gasteiger charge is 2.31. The van der Waals surface area contributed by atoms with E-state index in [2.05, 4.69) is 4.90 Å².